The summed E-state index contributed by atoms with van der Waals surface area (Å²) in [6, 6.07) is 17.3. The fourth-order valence-electron chi connectivity index (χ4n) is 3.58. The molecule has 2 aromatic heterocycles. The molecule has 34 heavy (non-hydrogen) atoms. The van der Waals surface area contributed by atoms with Crippen LogP contribution >= 0.6 is 11.3 Å². The Hall–Kier alpha value is -4.44. The van der Waals surface area contributed by atoms with E-state index in [1.165, 1.54) is 30.1 Å². The maximum Gasteiger partial charge on any atom is 0.270 e. The summed E-state index contributed by atoms with van der Waals surface area (Å²) < 4.78 is 2.24. The molecule has 5 rings (SSSR count). The first-order valence-electron chi connectivity index (χ1n) is 10.3. The highest BCUT2D eigenvalue weighted by Crippen LogP contribution is 2.31. The van der Waals surface area contributed by atoms with E-state index >= 15 is 0 Å². The van der Waals surface area contributed by atoms with Gasteiger partial charge in [0.05, 0.1) is 32.4 Å². The number of non-ortho nitro benzene ring substituents is 1. The van der Waals surface area contributed by atoms with Crippen molar-refractivity contribution in [3.63, 3.8) is 0 Å². The highest BCUT2D eigenvalue weighted by molar-refractivity contribution is 7.21. The number of hydrogen-bond donors (Lipinski definition) is 1. The predicted molar refractivity (Wildman–Crippen MR) is 131 cm³/mol. The Balaban J connectivity index is 1.32. The van der Waals surface area contributed by atoms with E-state index < -0.39 is 16.4 Å². The van der Waals surface area contributed by atoms with Gasteiger partial charge in [-0.25, -0.2) is 9.97 Å². The molecule has 168 valence electrons. The van der Waals surface area contributed by atoms with E-state index in [1.54, 1.807) is 23.5 Å². The number of thiazole rings is 1. The molecule has 0 saturated heterocycles. The van der Waals surface area contributed by atoms with Crippen molar-refractivity contribution in [2.24, 2.45) is 0 Å². The summed E-state index contributed by atoms with van der Waals surface area (Å²) >= 11 is 1.61. The first kappa shape index (κ1) is 21.4. The fraction of sp³-hybridized carbons (Fsp3) is 0.0833. The van der Waals surface area contributed by atoms with Gasteiger partial charge in [-0.1, -0.05) is 6.07 Å². The summed E-state index contributed by atoms with van der Waals surface area (Å²) in [6.45, 7) is 1.77. The number of amides is 1. The summed E-state index contributed by atoms with van der Waals surface area (Å²) in [6.07, 6.45) is 1.26. The maximum atomic E-state index is 12.7. The van der Waals surface area contributed by atoms with Crippen LogP contribution in [0.1, 0.15) is 5.56 Å². The van der Waals surface area contributed by atoms with Crippen LogP contribution in [0, 0.1) is 17.0 Å². The highest BCUT2D eigenvalue weighted by Gasteiger charge is 2.13. The van der Waals surface area contributed by atoms with Crippen molar-refractivity contribution in [1.29, 1.82) is 0 Å². The Morgan fingerprint density at radius 3 is 2.62 bits per heavy atom. The largest absolute Gasteiger partial charge is 0.325 e. The number of nitrogens with zero attached hydrogens (tertiary/aromatic N) is 4. The lowest BCUT2D eigenvalue weighted by Crippen LogP contribution is -2.27. The normalized spacial score (nSPS) is 11.1. The minimum Gasteiger partial charge on any atom is -0.325 e. The number of nitro benzene ring substituents is 1. The molecule has 1 amide bonds. The first-order chi connectivity index (χ1) is 16.4. The number of carbonyl (C=O) groups excluding carboxylic acids is 1. The third kappa shape index (κ3) is 4.14. The zero-order valence-corrected chi connectivity index (χ0v) is 18.7. The van der Waals surface area contributed by atoms with Crippen LogP contribution in [0.25, 0.3) is 31.7 Å². The average molecular weight is 471 g/mol. The molecule has 0 bridgehead atoms. The monoisotopic (exact) mass is 471 g/mol. The van der Waals surface area contributed by atoms with Crippen molar-refractivity contribution in [2.45, 2.75) is 13.5 Å². The quantitative estimate of drug-likeness (QED) is 0.297. The Bertz CT molecular complexity index is 1640. The third-order valence-electron chi connectivity index (χ3n) is 5.29. The second-order valence-electron chi connectivity index (χ2n) is 7.75. The molecule has 0 saturated carbocycles. The van der Waals surface area contributed by atoms with Gasteiger partial charge in [-0.2, -0.15) is 0 Å². The highest BCUT2D eigenvalue weighted by atomic mass is 32.1. The van der Waals surface area contributed by atoms with E-state index in [4.69, 9.17) is 0 Å². The lowest BCUT2D eigenvalue weighted by atomic mass is 10.2. The topological polar surface area (TPSA) is 120 Å². The molecule has 0 spiro atoms. The summed E-state index contributed by atoms with van der Waals surface area (Å²) in [4.78, 5) is 44.4. The molecule has 0 fully saturated rings. The zero-order chi connectivity index (χ0) is 23.8. The SMILES string of the molecule is Cc1ccc2nc(-c3ccc(NC(=O)Cn4cnc5ccc([N+](=O)[O-])cc5c4=O)cc3)sc2c1. The molecule has 0 unspecified atom stereocenters. The summed E-state index contributed by atoms with van der Waals surface area (Å²) in [5.74, 6) is -0.420. The number of benzene rings is 3. The third-order valence-corrected chi connectivity index (χ3v) is 6.36. The van der Waals surface area contributed by atoms with Crippen molar-refractivity contribution in [3.05, 3.63) is 93.0 Å². The molecule has 0 aliphatic heterocycles. The number of aromatic nitrogens is 3. The Morgan fingerprint density at radius 1 is 1.09 bits per heavy atom. The summed E-state index contributed by atoms with van der Waals surface area (Å²) in [5, 5.41) is 14.7. The van der Waals surface area contributed by atoms with Crippen LogP contribution in [-0.4, -0.2) is 25.4 Å². The van der Waals surface area contributed by atoms with Gasteiger partial charge in [0.1, 0.15) is 11.6 Å². The number of carbonyl (C=O) groups is 1. The predicted octanol–water partition coefficient (Wildman–Crippen LogP) is 4.53. The van der Waals surface area contributed by atoms with Crippen molar-refractivity contribution < 1.29 is 9.72 Å². The molecule has 0 aliphatic rings. The molecule has 3 aromatic carbocycles. The minimum atomic E-state index is -0.581. The first-order valence-corrected chi connectivity index (χ1v) is 11.1. The van der Waals surface area contributed by atoms with Gasteiger partial charge in [0, 0.05) is 23.4 Å². The van der Waals surface area contributed by atoms with Gasteiger partial charge < -0.3 is 5.32 Å². The molecular weight excluding hydrogens is 454 g/mol. The van der Waals surface area contributed by atoms with Crippen LogP contribution in [0.5, 0.6) is 0 Å². The number of fused-ring (bicyclic) bond motifs is 2. The number of nitro groups is 1. The second-order valence-corrected chi connectivity index (χ2v) is 8.78. The second kappa shape index (κ2) is 8.49. The maximum absolute atomic E-state index is 12.7. The van der Waals surface area contributed by atoms with Gasteiger partial charge in [0.15, 0.2) is 0 Å². The molecule has 0 atom stereocenters. The molecule has 10 heteroatoms. The number of nitrogens with one attached hydrogen (secondary N) is 1. The Morgan fingerprint density at radius 2 is 1.85 bits per heavy atom. The minimum absolute atomic E-state index is 0.0832. The smallest absolute Gasteiger partial charge is 0.270 e. The number of rotatable bonds is 5. The molecular formula is C24H17N5O4S. The average Bonchev–Trinajstić information content (AvgIpc) is 3.24. The van der Waals surface area contributed by atoms with Crippen molar-refractivity contribution in [1.82, 2.24) is 14.5 Å². The zero-order valence-electron chi connectivity index (χ0n) is 17.9. The van der Waals surface area contributed by atoms with E-state index in [2.05, 4.69) is 21.4 Å². The van der Waals surface area contributed by atoms with Crippen molar-refractivity contribution >= 4 is 49.7 Å². The molecule has 2 heterocycles. The fourth-order valence-corrected chi connectivity index (χ4v) is 4.65. The van der Waals surface area contributed by atoms with Crippen LogP contribution in [0.15, 0.2) is 71.8 Å². The van der Waals surface area contributed by atoms with Gasteiger partial charge in [-0.05, 0) is 55.0 Å². The summed E-state index contributed by atoms with van der Waals surface area (Å²) in [5.41, 5.74) is 3.23. The van der Waals surface area contributed by atoms with Crippen LogP contribution in [0.3, 0.4) is 0 Å². The van der Waals surface area contributed by atoms with Crippen LogP contribution in [-0.2, 0) is 11.3 Å². The lowest BCUT2D eigenvalue weighted by molar-refractivity contribution is -0.384. The summed E-state index contributed by atoms with van der Waals surface area (Å²) in [7, 11) is 0. The van der Waals surface area contributed by atoms with Crippen LogP contribution in [0.4, 0.5) is 11.4 Å². The van der Waals surface area contributed by atoms with Crippen LogP contribution < -0.4 is 10.9 Å². The molecule has 5 aromatic rings. The molecule has 1 N–H and O–H groups in total. The van der Waals surface area contributed by atoms with Gasteiger partial charge >= 0.3 is 0 Å². The van der Waals surface area contributed by atoms with E-state index in [0.29, 0.717) is 11.2 Å². The number of hydrogen-bond acceptors (Lipinski definition) is 7. The molecule has 0 aliphatic carbocycles. The molecule has 9 nitrogen and oxygen atoms in total. The number of aryl methyl sites for hydroxylation is 1. The Kier molecular flexibility index (Phi) is 5.34. The van der Waals surface area contributed by atoms with E-state index in [1.807, 2.05) is 31.2 Å². The van der Waals surface area contributed by atoms with E-state index in [9.17, 15) is 19.7 Å². The Labute approximate surface area is 196 Å². The van der Waals surface area contributed by atoms with Crippen molar-refractivity contribution in [2.75, 3.05) is 5.32 Å². The molecule has 0 radical (unpaired) electrons. The van der Waals surface area contributed by atoms with Crippen molar-refractivity contribution in [3.8, 4) is 10.6 Å². The van der Waals surface area contributed by atoms with Gasteiger partial charge in [-0.15, -0.1) is 11.3 Å². The van der Waals surface area contributed by atoms with Gasteiger partial charge in [0.2, 0.25) is 5.91 Å². The van der Waals surface area contributed by atoms with Crippen LogP contribution in [0.2, 0.25) is 0 Å². The van der Waals surface area contributed by atoms with E-state index in [0.717, 1.165) is 25.4 Å². The van der Waals surface area contributed by atoms with Gasteiger partial charge in [0.25, 0.3) is 11.2 Å². The standard InChI is InChI=1S/C24H17N5O4S/c1-14-2-8-20-21(10-14)34-23(27-20)15-3-5-16(6-4-15)26-22(30)12-28-13-25-19-9-7-17(29(32)33)11-18(19)24(28)31/h2-11,13H,12H2,1H3,(H,26,30). The lowest BCUT2D eigenvalue weighted by Gasteiger charge is -2.08. The van der Waals surface area contributed by atoms with Gasteiger partial charge in [-0.3, -0.25) is 24.3 Å². The number of anilines is 1. The van der Waals surface area contributed by atoms with E-state index in [-0.39, 0.29) is 17.6 Å².